The van der Waals surface area contributed by atoms with E-state index in [0.29, 0.717) is 0 Å². The summed E-state index contributed by atoms with van der Waals surface area (Å²) in [7, 11) is 0. The van der Waals surface area contributed by atoms with Crippen molar-refractivity contribution in [1.29, 1.82) is 5.26 Å². The van der Waals surface area contributed by atoms with Crippen molar-refractivity contribution in [3.63, 3.8) is 0 Å². The van der Waals surface area contributed by atoms with Crippen LogP contribution in [0.15, 0.2) is 0 Å². The Labute approximate surface area is 101 Å². The van der Waals surface area contributed by atoms with Crippen molar-refractivity contribution in [1.82, 2.24) is 4.90 Å². The molecule has 0 aromatic carbocycles. The molecule has 0 heterocycles. The fraction of sp³-hybridized carbons (Fsp3) is 0.929. The predicted octanol–water partition coefficient (Wildman–Crippen LogP) is 3.58. The molecule has 0 aliphatic heterocycles. The molecule has 92 valence electrons. The van der Waals surface area contributed by atoms with Crippen LogP contribution >= 0.6 is 0 Å². The van der Waals surface area contributed by atoms with Gasteiger partial charge in [-0.05, 0) is 38.3 Å². The average molecular weight is 222 g/mol. The Bertz CT molecular complexity index is 240. The van der Waals surface area contributed by atoms with Gasteiger partial charge in [0.1, 0.15) is 5.54 Å². The van der Waals surface area contributed by atoms with Crippen molar-refractivity contribution in [3.8, 4) is 6.07 Å². The summed E-state index contributed by atoms with van der Waals surface area (Å²) in [4.78, 5) is 2.37. The predicted molar refractivity (Wildman–Crippen MR) is 68.1 cm³/mol. The van der Waals surface area contributed by atoms with Crippen LogP contribution < -0.4 is 0 Å². The van der Waals surface area contributed by atoms with E-state index in [4.69, 9.17) is 0 Å². The second-order valence-electron chi connectivity index (χ2n) is 5.02. The SMILES string of the molecule is CCC1CCCC(C#N)(N(CC)CC)CC1. The van der Waals surface area contributed by atoms with Crippen LogP contribution in [0.3, 0.4) is 0 Å². The summed E-state index contributed by atoms with van der Waals surface area (Å²) in [6, 6.07) is 2.63. The highest BCUT2D eigenvalue weighted by molar-refractivity contribution is 5.09. The molecular weight excluding hydrogens is 196 g/mol. The van der Waals surface area contributed by atoms with Gasteiger partial charge in [0.2, 0.25) is 0 Å². The fourth-order valence-electron chi connectivity index (χ4n) is 3.13. The average Bonchev–Trinajstić information content (AvgIpc) is 2.54. The third-order valence-corrected chi connectivity index (χ3v) is 4.32. The van der Waals surface area contributed by atoms with Crippen molar-refractivity contribution in [2.75, 3.05) is 13.1 Å². The second kappa shape index (κ2) is 6.25. The van der Waals surface area contributed by atoms with Gasteiger partial charge in [-0.3, -0.25) is 4.90 Å². The normalized spacial score (nSPS) is 31.1. The third-order valence-electron chi connectivity index (χ3n) is 4.32. The van der Waals surface area contributed by atoms with E-state index >= 15 is 0 Å². The molecule has 0 radical (unpaired) electrons. The lowest BCUT2D eigenvalue weighted by molar-refractivity contribution is 0.133. The van der Waals surface area contributed by atoms with E-state index in [9.17, 15) is 5.26 Å². The Morgan fingerprint density at radius 3 is 2.38 bits per heavy atom. The monoisotopic (exact) mass is 222 g/mol. The van der Waals surface area contributed by atoms with E-state index in [1.54, 1.807) is 0 Å². The van der Waals surface area contributed by atoms with Crippen molar-refractivity contribution in [3.05, 3.63) is 0 Å². The first-order valence-corrected chi connectivity index (χ1v) is 6.88. The maximum Gasteiger partial charge on any atom is 0.109 e. The Kier molecular flexibility index (Phi) is 5.28. The summed E-state index contributed by atoms with van der Waals surface area (Å²) in [5.41, 5.74) is -0.159. The second-order valence-corrected chi connectivity index (χ2v) is 5.02. The summed E-state index contributed by atoms with van der Waals surface area (Å²) >= 11 is 0. The van der Waals surface area contributed by atoms with Crippen molar-refractivity contribution >= 4 is 0 Å². The molecule has 0 bridgehead atoms. The number of hydrogen-bond donors (Lipinski definition) is 0. The first-order valence-electron chi connectivity index (χ1n) is 6.88. The largest absolute Gasteiger partial charge is 0.286 e. The van der Waals surface area contributed by atoms with Gasteiger partial charge in [0.05, 0.1) is 6.07 Å². The van der Waals surface area contributed by atoms with Crippen LogP contribution in [-0.4, -0.2) is 23.5 Å². The molecule has 1 saturated carbocycles. The molecule has 2 atom stereocenters. The Morgan fingerprint density at radius 2 is 1.88 bits per heavy atom. The minimum absolute atomic E-state index is 0.159. The van der Waals surface area contributed by atoms with Gasteiger partial charge in [0.25, 0.3) is 0 Å². The molecule has 0 N–H and O–H groups in total. The Hall–Kier alpha value is -0.550. The van der Waals surface area contributed by atoms with Crippen LogP contribution in [0.1, 0.15) is 59.3 Å². The zero-order valence-corrected chi connectivity index (χ0v) is 11.1. The van der Waals surface area contributed by atoms with E-state index in [1.165, 1.54) is 25.7 Å². The minimum atomic E-state index is -0.159. The molecule has 1 aliphatic rings. The van der Waals surface area contributed by atoms with E-state index in [1.807, 2.05) is 0 Å². The first-order chi connectivity index (χ1) is 7.72. The summed E-state index contributed by atoms with van der Waals surface area (Å²) in [6.45, 7) is 8.62. The van der Waals surface area contributed by atoms with Gasteiger partial charge in [-0.15, -0.1) is 0 Å². The summed E-state index contributed by atoms with van der Waals surface area (Å²) in [5.74, 6) is 0.853. The Balaban J connectivity index is 2.76. The van der Waals surface area contributed by atoms with Crippen molar-refractivity contribution < 1.29 is 0 Å². The molecule has 2 nitrogen and oxygen atoms in total. The van der Waals surface area contributed by atoms with Gasteiger partial charge in [-0.25, -0.2) is 0 Å². The standard InChI is InChI=1S/C14H26N2/c1-4-13-8-7-10-14(12-15,11-9-13)16(5-2)6-3/h13H,4-11H2,1-3H3. The molecule has 0 saturated heterocycles. The quantitative estimate of drug-likeness (QED) is 0.680. The van der Waals surface area contributed by atoms with Crippen molar-refractivity contribution in [2.24, 2.45) is 5.92 Å². The molecule has 1 rings (SSSR count). The van der Waals surface area contributed by atoms with Crippen LogP contribution in [0.4, 0.5) is 0 Å². The molecular formula is C14H26N2. The van der Waals surface area contributed by atoms with Crippen LogP contribution in [-0.2, 0) is 0 Å². The van der Waals surface area contributed by atoms with Crippen LogP contribution in [0.25, 0.3) is 0 Å². The van der Waals surface area contributed by atoms with Crippen LogP contribution in [0.2, 0.25) is 0 Å². The van der Waals surface area contributed by atoms with E-state index in [2.05, 4.69) is 31.7 Å². The maximum absolute atomic E-state index is 9.57. The molecule has 16 heavy (non-hydrogen) atoms. The topological polar surface area (TPSA) is 27.0 Å². The zero-order chi connectivity index (χ0) is 12.0. The molecule has 1 aliphatic carbocycles. The maximum atomic E-state index is 9.57. The van der Waals surface area contributed by atoms with E-state index in [0.717, 1.165) is 31.8 Å². The lowest BCUT2D eigenvalue weighted by atomic mass is 9.89. The van der Waals surface area contributed by atoms with Gasteiger partial charge in [-0.1, -0.05) is 40.0 Å². The molecule has 2 heteroatoms. The number of nitrogens with zero attached hydrogens (tertiary/aromatic N) is 2. The van der Waals surface area contributed by atoms with Gasteiger partial charge in [-0.2, -0.15) is 5.26 Å². The minimum Gasteiger partial charge on any atom is -0.286 e. The molecule has 0 amide bonds. The highest BCUT2D eigenvalue weighted by atomic mass is 15.2. The van der Waals surface area contributed by atoms with Crippen LogP contribution in [0, 0.1) is 17.2 Å². The third kappa shape index (κ3) is 2.77. The zero-order valence-electron chi connectivity index (χ0n) is 11.1. The molecule has 0 spiro atoms. The summed E-state index contributed by atoms with van der Waals surface area (Å²) < 4.78 is 0. The summed E-state index contributed by atoms with van der Waals surface area (Å²) in [5, 5.41) is 9.57. The first kappa shape index (κ1) is 13.5. The van der Waals surface area contributed by atoms with Crippen LogP contribution in [0.5, 0.6) is 0 Å². The van der Waals surface area contributed by atoms with Gasteiger partial charge < -0.3 is 0 Å². The number of nitriles is 1. The molecule has 0 aromatic heterocycles. The van der Waals surface area contributed by atoms with Crippen molar-refractivity contribution in [2.45, 2.75) is 64.8 Å². The van der Waals surface area contributed by atoms with Gasteiger partial charge in [0, 0.05) is 0 Å². The van der Waals surface area contributed by atoms with E-state index in [-0.39, 0.29) is 5.54 Å². The fourth-order valence-corrected chi connectivity index (χ4v) is 3.13. The smallest absolute Gasteiger partial charge is 0.109 e. The number of rotatable bonds is 4. The Morgan fingerprint density at radius 1 is 1.19 bits per heavy atom. The molecule has 2 unspecified atom stereocenters. The van der Waals surface area contributed by atoms with Gasteiger partial charge in [0.15, 0.2) is 0 Å². The lowest BCUT2D eigenvalue weighted by Gasteiger charge is -2.37. The summed E-state index contributed by atoms with van der Waals surface area (Å²) in [6.07, 6.45) is 7.20. The highest BCUT2D eigenvalue weighted by Crippen LogP contribution is 2.35. The molecule has 1 fully saturated rings. The molecule has 0 aromatic rings. The van der Waals surface area contributed by atoms with Gasteiger partial charge >= 0.3 is 0 Å². The number of hydrogen-bond acceptors (Lipinski definition) is 2. The van der Waals surface area contributed by atoms with E-state index < -0.39 is 0 Å². The lowest BCUT2D eigenvalue weighted by Crippen LogP contribution is -2.47. The highest BCUT2D eigenvalue weighted by Gasteiger charge is 2.37.